The molecule has 0 bridgehead atoms. The minimum atomic E-state index is 0.192. The quantitative estimate of drug-likeness (QED) is 0.914. The fourth-order valence-electron chi connectivity index (χ4n) is 2.89. The largest absolute Gasteiger partial charge is 0.363 e. The van der Waals surface area contributed by atoms with Crippen molar-refractivity contribution in [3.63, 3.8) is 0 Å². The van der Waals surface area contributed by atoms with Crippen LogP contribution in [0.1, 0.15) is 58.1 Å². The number of rotatable bonds is 3. The van der Waals surface area contributed by atoms with E-state index in [1.54, 1.807) is 0 Å². The zero-order valence-electron chi connectivity index (χ0n) is 12.0. The third-order valence-electron chi connectivity index (χ3n) is 4.13. The average Bonchev–Trinajstić information content (AvgIpc) is 2.96. The number of nitrogens with one attached hydrogen (secondary N) is 1. The van der Waals surface area contributed by atoms with Gasteiger partial charge in [0, 0.05) is 17.9 Å². The van der Waals surface area contributed by atoms with Crippen LogP contribution in [0.25, 0.3) is 5.52 Å². The highest BCUT2D eigenvalue weighted by Gasteiger charge is 2.29. The highest BCUT2D eigenvalue weighted by Crippen LogP contribution is 2.33. The molecule has 0 spiro atoms. The molecule has 3 rings (SSSR count). The molecule has 0 radical (unpaired) electrons. The lowest BCUT2D eigenvalue weighted by Gasteiger charge is -2.26. The molecule has 2 aromatic heterocycles. The van der Waals surface area contributed by atoms with Gasteiger partial charge in [-0.25, -0.2) is 9.50 Å². The van der Waals surface area contributed by atoms with E-state index in [4.69, 9.17) is 0 Å². The molecule has 0 aliphatic heterocycles. The van der Waals surface area contributed by atoms with Gasteiger partial charge < -0.3 is 5.32 Å². The molecule has 1 aliphatic rings. The molecule has 1 N–H and O–H groups in total. The predicted molar refractivity (Wildman–Crippen MR) is 77.6 cm³/mol. The molecule has 0 amide bonds. The fourth-order valence-corrected chi connectivity index (χ4v) is 2.89. The maximum Gasteiger partial charge on any atom is 0.152 e. The van der Waals surface area contributed by atoms with Gasteiger partial charge in [-0.2, -0.15) is 5.10 Å². The van der Waals surface area contributed by atoms with Crippen molar-refractivity contribution in [1.82, 2.24) is 14.6 Å². The van der Waals surface area contributed by atoms with Gasteiger partial charge in [0.05, 0.1) is 5.69 Å². The van der Waals surface area contributed by atoms with Crippen molar-refractivity contribution < 1.29 is 0 Å². The molecule has 0 aromatic carbocycles. The summed E-state index contributed by atoms with van der Waals surface area (Å²) in [4.78, 5) is 4.52. The Bertz CT molecular complexity index is 579. The standard InChI is InChI=1S/C15H22N4/c1-11(2)12-10-13-14(16-8-9-19(13)18-12)17-15(3)6-4-5-7-15/h8-11H,4-7H2,1-3H3,(H,16,17). The summed E-state index contributed by atoms with van der Waals surface area (Å²) in [6.07, 6.45) is 8.81. The minimum absolute atomic E-state index is 0.192. The van der Waals surface area contributed by atoms with E-state index in [0.717, 1.165) is 17.0 Å². The van der Waals surface area contributed by atoms with Crippen LogP contribution in [0, 0.1) is 0 Å². The van der Waals surface area contributed by atoms with E-state index in [-0.39, 0.29) is 5.54 Å². The smallest absolute Gasteiger partial charge is 0.152 e. The number of hydrogen-bond donors (Lipinski definition) is 1. The van der Waals surface area contributed by atoms with Crippen LogP contribution in [0.5, 0.6) is 0 Å². The molecule has 4 heteroatoms. The SMILES string of the molecule is CC(C)c1cc2c(NC3(C)CCCC3)nccn2n1. The van der Waals surface area contributed by atoms with Crippen molar-refractivity contribution in [1.29, 1.82) is 0 Å². The summed E-state index contributed by atoms with van der Waals surface area (Å²) in [6, 6.07) is 2.15. The Kier molecular flexibility index (Phi) is 2.96. The second kappa shape index (κ2) is 4.51. The first-order valence-electron chi connectivity index (χ1n) is 7.20. The summed E-state index contributed by atoms with van der Waals surface area (Å²) < 4.78 is 1.93. The minimum Gasteiger partial charge on any atom is -0.363 e. The zero-order valence-corrected chi connectivity index (χ0v) is 12.0. The summed E-state index contributed by atoms with van der Waals surface area (Å²) in [6.45, 7) is 6.63. The van der Waals surface area contributed by atoms with Crippen LogP contribution >= 0.6 is 0 Å². The predicted octanol–water partition coefficient (Wildman–Crippen LogP) is 3.60. The van der Waals surface area contributed by atoms with Crippen LogP contribution in [0.3, 0.4) is 0 Å². The third-order valence-corrected chi connectivity index (χ3v) is 4.13. The molecule has 2 heterocycles. The first-order valence-corrected chi connectivity index (χ1v) is 7.20. The van der Waals surface area contributed by atoms with Gasteiger partial charge in [-0.3, -0.25) is 0 Å². The van der Waals surface area contributed by atoms with E-state index in [0.29, 0.717) is 5.92 Å². The molecule has 19 heavy (non-hydrogen) atoms. The Balaban J connectivity index is 1.98. The van der Waals surface area contributed by atoms with Gasteiger partial charge >= 0.3 is 0 Å². The van der Waals surface area contributed by atoms with Gasteiger partial charge in [0.15, 0.2) is 5.82 Å². The first kappa shape index (κ1) is 12.5. The Hall–Kier alpha value is -1.58. The van der Waals surface area contributed by atoms with Crippen molar-refractivity contribution in [3.8, 4) is 0 Å². The van der Waals surface area contributed by atoms with Crippen LogP contribution in [0.4, 0.5) is 5.82 Å². The summed E-state index contributed by atoms with van der Waals surface area (Å²) in [5.74, 6) is 1.40. The number of aromatic nitrogens is 3. The zero-order chi connectivity index (χ0) is 13.5. The van der Waals surface area contributed by atoms with Crippen molar-refractivity contribution >= 4 is 11.3 Å². The molecule has 0 unspecified atom stereocenters. The summed E-state index contributed by atoms with van der Waals surface area (Å²) in [7, 11) is 0. The van der Waals surface area contributed by atoms with Gasteiger partial charge in [0.1, 0.15) is 5.52 Å². The maximum absolute atomic E-state index is 4.61. The van der Waals surface area contributed by atoms with E-state index in [1.807, 2.05) is 16.9 Å². The third kappa shape index (κ3) is 2.31. The molecule has 1 saturated carbocycles. The monoisotopic (exact) mass is 258 g/mol. The molecular formula is C15H22N4. The lowest BCUT2D eigenvalue weighted by Crippen LogP contribution is -2.31. The van der Waals surface area contributed by atoms with E-state index in [2.05, 4.69) is 42.2 Å². The number of hydrogen-bond acceptors (Lipinski definition) is 3. The van der Waals surface area contributed by atoms with Gasteiger partial charge in [0.25, 0.3) is 0 Å². The van der Waals surface area contributed by atoms with Gasteiger partial charge in [-0.15, -0.1) is 0 Å². The molecule has 0 atom stereocenters. The lowest BCUT2D eigenvalue weighted by atomic mass is 10.0. The Labute approximate surface area is 114 Å². The number of nitrogens with zero attached hydrogens (tertiary/aromatic N) is 3. The Morgan fingerprint density at radius 2 is 2.05 bits per heavy atom. The lowest BCUT2D eigenvalue weighted by molar-refractivity contribution is 0.531. The van der Waals surface area contributed by atoms with Crippen molar-refractivity contribution in [2.75, 3.05) is 5.32 Å². The van der Waals surface area contributed by atoms with Crippen molar-refractivity contribution in [3.05, 3.63) is 24.2 Å². The maximum atomic E-state index is 4.61. The normalized spacial score (nSPS) is 18.3. The second-order valence-electron chi connectivity index (χ2n) is 6.22. The van der Waals surface area contributed by atoms with Crippen molar-refractivity contribution in [2.45, 2.75) is 57.9 Å². The Morgan fingerprint density at radius 1 is 1.32 bits per heavy atom. The van der Waals surface area contributed by atoms with Crippen LogP contribution < -0.4 is 5.32 Å². The molecule has 1 fully saturated rings. The molecule has 0 saturated heterocycles. The summed E-state index contributed by atoms with van der Waals surface area (Å²) in [5.41, 5.74) is 2.39. The summed E-state index contributed by atoms with van der Waals surface area (Å²) in [5, 5.41) is 8.25. The van der Waals surface area contributed by atoms with E-state index in [1.165, 1.54) is 25.7 Å². The number of anilines is 1. The molecule has 102 valence electrons. The molecular weight excluding hydrogens is 236 g/mol. The highest BCUT2D eigenvalue weighted by molar-refractivity contribution is 5.68. The van der Waals surface area contributed by atoms with E-state index in [9.17, 15) is 0 Å². The van der Waals surface area contributed by atoms with Gasteiger partial charge in [0.2, 0.25) is 0 Å². The topological polar surface area (TPSA) is 42.2 Å². The van der Waals surface area contributed by atoms with E-state index >= 15 is 0 Å². The van der Waals surface area contributed by atoms with E-state index < -0.39 is 0 Å². The molecule has 1 aliphatic carbocycles. The van der Waals surface area contributed by atoms with Crippen LogP contribution in [-0.2, 0) is 0 Å². The second-order valence-corrected chi connectivity index (χ2v) is 6.22. The average molecular weight is 258 g/mol. The van der Waals surface area contributed by atoms with Crippen molar-refractivity contribution in [2.24, 2.45) is 0 Å². The summed E-state index contributed by atoms with van der Waals surface area (Å²) >= 11 is 0. The highest BCUT2D eigenvalue weighted by atomic mass is 15.2. The van der Waals surface area contributed by atoms with Gasteiger partial charge in [-0.05, 0) is 31.7 Å². The Morgan fingerprint density at radius 3 is 2.74 bits per heavy atom. The fraction of sp³-hybridized carbons (Fsp3) is 0.600. The first-order chi connectivity index (χ1) is 9.07. The van der Waals surface area contributed by atoms with Gasteiger partial charge in [-0.1, -0.05) is 26.7 Å². The van der Waals surface area contributed by atoms with Crippen LogP contribution in [-0.4, -0.2) is 20.1 Å². The van der Waals surface area contributed by atoms with Crippen LogP contribution in [0.2, 0.25) is 0 Å². The van der Waals surface area contributed by atoms with Crippen LogP contribution in [0.15, 0.2) is 18.5 Å². The number of fused-ring (bicyclic) bond motifs is 1. The molecule has 4 nitrogen and oxygen atoms in total. The molecule has 2 aromatic rings.